The van der Waals surface area contributed by atoms with Crippen LogP contribution in [0.3, 0.4) is 0 Å². The van der Waals surface area contributed by atoms with E-state index in [2.05, 4.69) is 0 Å². The second-order valence-corrected chi connectivity index (χ2v) is 10.5. The van der Waals surface area contributed by atoms with E-state index in [1.165, 1.54) is 24.3 Å². The van der Waals surface area contributed by atoms with E-state index in [4.69, 9.17) is 0 Å². The Morgan fingerprint density at radius 1 is 0.519 bits per heavy atom. The van der Waals surface area contributed by atoms with Gasteiger partial charge in [0, 0.05) is 0 Å². The van der Waals surface area contributed by atoms with Crippen LogP contribution < -0.4 is 15.9 Å². The van der Waals surface area contributed by atoms with Gasteiger partial charge in [-0.2, -0.15) is 0 Å². The maximum Gasteiger partial charge on any atom is 0.124 e. The van der Waals surface area contributed by atoms with Gasteiger partial charge in [-0.1, -0.05) is 54.6 Å². The average molecular weight is 420 g/mol. The highest BCUT2D eigenvalue weighted by Crippen LogP contribution is 2.33. The number of hydrogen-bond donors (Lipinski definition) is 0. The van der Waals surface area contributed by atoms with Crippen LogP contribution in [0.25, 0.3) is 0 Å². The van der Waals surface area contributed by atoms with Crippen molar-refractivity contribution in [2.24, 2.45) is 0 Å². The molecule has 0 heterocycles. The van der Waals surface area contributed by atoms with Gasteiger partial charge in [-0.25, -0.2) is 16.8 Å². The number of rotatable bonds is 5. The molecule has 0 aliphatic heterocycles. The molecule has 0 aliphatic rings. The molecule has 0 unspecified atom stereocenters. The Kier molecular flexibility index (Phi) is 5.46. The smallest absolute Gasteiger partial charge is 0.124 e. The lowest BCUT2D eigenvalue weighted by Gasteiger charge is -2.20. The maximum atomic E-state index is 11.1. The molecular weight excluding hydrogens is 407 g/mol. The van der Waals surface area contributed by atoms with Gasteiger partial charge in [0.1, 0.15) is 20.2 Å². The Hall–Kier alpha value is -2.09. The van der Waals surface area contributed by atoms with Crippen molar-refractivity contribution in [3.05, 3.63) is 78.9 Å². The molecule has 3 aromatic carbocycles. The zero-order valence-electron chi connectivity index (χ0n) is 13.7. The third-order valence-electron chi connectivity index (χ3n) is 3.78. The first-order chi connectivity index (χ1) is 12.7. The molecule has 0 radical (unpaired) electrons. The Bertz CT molecular complexity index is 1070. The summed E-state index contributed by atoms with van der Waals surface area (Å²) in [7, 11) is -10.2. The van der Waals surface area contributed by atoms with Gasteiger partial charge in [0.15, 0.2) is 0 Å². The Balaban J connectivity index is 2.10. The van der Waals surface area contributed by atoms with Gasteiger partial charge in [0.05, 0.1) is 9.79 Å². The lowest BCUT2D eigenvalue weighted by atomic mass is 10.3. The van der Waals surface area contributed by atoms with Crippen LogP contribution in [0.1, 0.15) is 0 Å². The molecule has 0 aromatic heterocycles. The molecule has 0 spiro atoms. The Morgan fingerprint density at radius 3 is 1.19 bits per heavy atom. The predicted octanol–water partition coefficient (Wildman–Crippen LogP) is 1.25. The van der Waals surface area contributed by atoms with Crippen LogP contribution in [0, 0.1) is 0 Å². The number of benzene rings is 3. The summed E-state index contributed by atoms with van der Waals surface area (Å²) in [4.78, 5) is -0.635. The molecule has 9 heteroatoms. The van der Waals surface area contributed by atoms with E-state index in [-0.39, 0.29) is 9.79 Å². The zero-order valence-corrected chi connectivity index (χ0v) is 16.2. The highest BCUT2D eigenvalue weighted by Gasteiger charge is 2.17. The summed E-state index contributed by atoms with van der Waals surface area (Å²) in [5.74, 6) is 0. The van der Waals surface area contributed by atoms with E-state index in [1.807, 2.05) is 30.3 Å². The minimum absolute atomic E-state index is 0.318. The van der Waals surface area contributed by atoms with E-state index >= 15 is 0 Å². The first kappa shape index (κ1) is 19.7. The van der Waals surface area contributed by atoms with Crippen molar-refractivity contribution in [1.29, 1.82) is 0 Å². The normalized spacial score (nSPS) is 12.3. The highest BCUT2D eigenvalue weighted by atomic mass is 32.2. The van der Waals surface area contributed by atoms with Crippen molar-refractivity contribution in [2.45, 2.75) is 9.79 Å². The molecule has 0 atom stereocenters. The molecule has 0 saturated heterocycles. The van der Waals surface area contributed by atoms with Gasteiger partial charge in [0.25, 0.3) is 0 Å². The standard InChI is InChI=1S/C18H15O6PS2/c19-26(20,21)17-10-6-15(7-11-17)25(14-4-2-1-3-5-14)16-8-12-18(13-9-16)27(22,23)24/h1-13H,(H,19,20,21)(H,22,23,24)/p-2. The number of hydrogen-bond acceptors (Lipinski definition) is 6. The lowest BCUT2D eigenvalue weighted by Crippen LogP contribution is -2.21. The molecule has 0 amide bonds. The Labute approximate surface area is 158 Å². The minimum Gasteiger partial charge on any atom is -0.744 e. The first-order valence-corrected chi connectivity index (χ1v) is 11.8. The molecule has 0 aliphatic carbocycles. The maximum absolute atomic E-state index is 11.1. The van der Waals surface area contributed by atoms with Gasteiger partial charge >= 0.3 is 0 Å². The molecule has 140 valence electrons. The molecule has 3 aromatic rings. The van der Waals surface area contributed by atoms with Gasteiger partial charge in [-0.05, 0) is 48.1 Å². The van der Waals surface area contributed by atoms with Crippen LogP contribution in [-0.4, -0.2) is 25.9 Å². The summed E-state index contributed by atoms with van der Waals surface area (Å²) in [5, 5.41) is 2.51. The quantitative estimate of drug-likeness (QED) is 0.453. The SMILES string of the molecule is O=S(=O)([O-])c1ccc(P(c2ccccc2)c2ccc(S(=O)(=O)[O-])cc2)cc1. The van der Waals surface area contributed by atoms with Crippen LogP contribution in [0.5, 0.6) is 0 Å². The largest absolute Gasteiger partial charge is 0.744 e. The van der Waals surface area contributed by atoms with Crippen molar-refractivity contribution in [2.75, 3.05) is 0 Å². The molecule has 0 N–H and O–H groups in total. The minimum atomic E-state index is -4.54. The van der Waals surface area contributed by atoms with E-state index in [0.717, 1.165) is 15.9 Å². The van der Waals surface area contributed by atoms with Gasteiger partial charge in [-0.3, -0.25) is 0 Å². The van der Waals surface area contributed by atoms with Crippen molar-refractivity contribution < 1.29 is 25.9 Å². The van der Waals surface area contributed by atoms with Crippen molar-refractivity contribution >= 4 is 44.1 Å². The van der Waals surface area contributed by atoms with Gasteiger partial charge in [-0.15, -0.1) is 0 Å². The van der Waals surface area contributed by atoms with Crippen LogP contribution in [0.2, 0.25) is 0 Å². The second kappa shape index (κ2) is 7.50. The molecule has 27 heavy (non-hydrogen) atoms. The predicted molar refractivity (Wildman–Crippen MR) is 101 cm³/mol. The summed E-state index contributed by atoms with van der Waals surface area (Å²) in [6, 6.07) is 20.7. The summed E-state index contributed by atoms with van der Waals surface area (Å²) in [6.45, 7) is 0. The molecule has 3 rings (SSSR count). The first-order valence-electron chi connectivity index (χ1n) is 7.63. The van der Waals surface area contributed by atoms with E-state index in [9.17, 15) is 25.9 Å². The molecular formula is C18H13O6PS2-2. The Morgan fingerprint density at radius 2 is 0.852 bits per heavy atom. The molecule has 0 fully saturated rings. The van der Waals surface area contributed by atoms with Gasteiger partial charge < -0.3 is 9.11 Å². The van der Waals surface area contributed by atoms with Crippen LogP contribution in [-0.2, 0) is 20.2 Å². The lowest BCUT2D eigenvalue weighted by molar-refractivity contribution is 0.461. The van der Waals surface area contributed by atoms with Crippen LogP contribution in [0.15, 0.2) is 88.7 Å². The van der Waals surface area contributed by atoms with Crippen molar-refractivity contribution in [1.82, 2.24) is 0 Å². The fraction of sp³-hybridized carbons (Fsp3) is 0. The summed E-state index contributed by atoms with van der Waals surface area (Å²) >= 11 is 0. The van der Waals surface area contributed by atoms with E-state index in [1.54, 1.807) is 24.3 Å². The third-order valence-corrected chi connectivity index (χ3v) is 7.92. The molecule has 0 saturated carbocycles. The van der Waals surface area contributed by atoms with Gasteiger partial charge in [0.2, 0.25) is 0 Å². The molecule has 0 bridgehead atoms. The molecule has 6 nitrogen and oxygen atoms in total. The van der Waals surface area contributed by atoms with E-state index < -0.39 is 28.2 Å². The highest BCUT2D eigenvalue weighted by molar-refractivity contribution is 7.86. The zero-order chi connectivity index (χ0) is 19.7. The monoisotopic (exact) mass is 420 g/mol. The summed E-state index contributed by atoms with van der Waals surface area (Å²) in [6.07, 6.45) is 0. The van der Waals surface area contributed by atoms with Crippen molar-refractivity contribution in [3.8, 4) is 0 Å². The van der Waals surface area contributed by atoms with Crippen LogP contribution >= 0.6 is 7.92 Å². The average Bonchev–Trinajstić information content (AvgIpc) is 2.62. The third kappa shape index (κ3) is 4.61. The second-order valence-electron chi connectivity index (χ2n) is 5.57. The van der Waals surface area contributed by atoms with Crippen molar-refractivity contribution in [3.63, 3.8) is 0 Å². The summed E-state index contributed by atoms with van der Waals surface area (Å²) in [5.41, 5.74) is 0. The fourth-order valence-electron chi connectivity index (χ4n) is 2.55. The summed E-state index contributed by atoms with van der Waals surface area (Å²) < 4.78 is 66.9. The fourth-order valence-corrected chi connectivity index (χ4v) is 5.75. The van der Waals surface area contributed by atoms with E-state index in [0.29, 0.717) is 0 Å². The topological polar surface area (TPSA) is 114 Å². The van der Waals surface area contributed by atoms with Crippen LogP contribution in [0.4, 0.5) is 0 Å².